The van der Waals surface area contributed by atoms with Crippen LogP contribution in [0.15, 0.2) is 36.7 Å². The number of fused-ring (bicyclic) bond motifs is 1. The monoisotopic (exact) mass is 526 g/mol. The van der Waals surface area contributed by atoms with Crippen LogP contribution in [0.5, 0.6) is 0 Å². The molecule has 36 heavy (non-hydrogen) atoms. The maximum atomic E-state index is 14.4. The van der Waals surface area contributed by atoms with Gasteiger partial charge in [0, 0.05) is 31.4 Å². The van der Waals surface area contributed by atoms with E-state index < -0.39 is 22.0 Å². The van der Waals surface area contributed by atoms with Gasteiger partial charge < -0.3 is 15.3 Å². The Labute approximate surface area is 204 Å². The number of halogens is 2. The third-order valence-electron chi connectivity index (χ3n) is 5.80. The van der Waals surface area contributed by atoms with E-state index in [4.69, 9.17) is 17.5 Å². The van der Waals surface area contributed by atoms with Crippen molar-refractivity contribution in [1.82, 2.24) is 19.5 Å². The number of likely N-dealkylation sites (tertiary alicyclic amines) is 1. The third-order valence-corrected chi connectivity index (χ3v) is 5.80. The van der Waals surface area contributed by atoms with Crippen molar-refractivity contribution >= 4 is 33.5 Å². The first-order valence-corrected chi connectivity index (χ1v) is 12.3. The molecule has 4 heterocycles. The van der Waals surface area contributed by atoms with Gasteiger partial charge in [-0.15, -0.1) is 0 Å². The first kappa shape index (κ1) is 25.8. The summed E-state index contributed by atoms with van der Waals surface area (Å²) in [6.07, 6.45) is 4.42. The van der Waals surface area contributed by atoms with E-state index in [2.05, 4.69) is 15.4 Å². The number of carbonyl (C=O) groups excluding carboxylic acids is 1. The summed E-state index contributed by atoms with van der Waals surface area (Å²) < 4.78 is 61.3. The quantitative estimate of drug-likeness (QED) is 0.357. The van der Waals surface area contributed by atoms with E-state index >= 15 is 0 Å². The number of amides is 1. The first-order valence-electron chi connectivity index (χ1n) is 10.9. The number of rotatable bonds is 5. The van der Waals surface area contributed by atoms with E-state index in [0.717, 1.165) is 18.6 Å². The van der Waals surface area contributed by atoms with Crippen LogP contribution in [-0.2, 0) is 15.2 Å². The second-order valence-corrected chi connectivity index (χ2v) is 9.37. The van der Waals surface area contributed by atoms with Crippen LogP contribution in [0.2, 0.25) is 0 Å². The van der Waals surface area contributed by atoms with E-state index in [1.165, 1.54) is 12.3 Å². The summed E-state index contributed by atoms with van der Waals surface area (Å²) in [6.45, 7) is 1.81. The van der Waals surface area contributed by atoms with Crippen molar-refractivity contribution in [3.63, 3.8) is 0 Å². The summed E-state index contributed by atoms with van der Waals surface area (Å²) in [5.41, 5.74) is 1.26. The number of benzene rings is 1. The van der Waals surface area contributed by atoms with E-state index in [-0.39, 0.29) is 24.6 Å². The Balaban J connectivity index is 0.000000556. The van der Waals surface area contributed by atoms with Gasteiger partial charge in [0.05, 0.1) is 24.9 Å². The van der Waals surface area contributed by atoms with Crippen molar-refractivity contribution in [2.75, 3.05) is 36.4 Å². The molecule has 2 fully saturated rings. The summed E-state index contributed by atoms with van der Waals surface area (Å²) in [7, 11) is -4.67. The molecule has 2 aliphatic heterocycles. The highest BCUT2D eigenvalue weighted by Gasteiger charge is 2.30. The van der Waals surface area contributed by atoms with Crippen molar-refractivity contribution in [3.8, 4) is 0 Å². The van der Waals surface area contributed by atoms with Crippen LogP contribution < -0.4 is 10.2 Å². The smallest absolute Gasteiger partial charge is 0.390 e. The maximum Gasteiger partial charge on any atom is 0.394 e. The van der Waals surface area contributed by atoms with Crippen LogP contribution in [-0.4, -0.2) is 80.3 Å². The predicted molar refractivity (Wildman–Crippen MR) is 124 cm³/mol. The highest BCUT2D eigenvalue weighted by atomic mass is 32.3. The van der Waals surface area contributed by atoms with Crippen LogP contribution in [0.1, 0.15) is 24.4 Å². The zero-order valence-electron chi connectivity index (χ0n) is 18.8. The molecule has 2 aliphatic rings. The lowest BCUT2D eigenvalue weighted by Gasteiger charge is -2.34. The highest BCUT2D eigenvalue weighted by molar-refractivity contribution is 7.79. The minimum atomic E-state index is -4.67. The minimum absolute atomic E-state index is 0.182. The van der Waals surface area contributed by atoms with Gasteiger partial charge in [-0.3, -0.25) is 18.8 Å². The molecule has 1 aromatic carbocycles. The van der Waals surface area contributed by atoms with Gasteiger partial charge in [-0.25, -0.2) is 18.3 Å². The highest BCUT2D eigenvalue weighted by Crippen LogP contribution is 2.37. The molecule has 5 rings (SSSR count). The van der Waals surface area contributed by atoms with E-state index in [0.29, 0.717) is 48.8 Å². The van der Waals surface area contributed by atoms with Crippen LogP contribution in [0.3, 0.4) is 0 Å². The molecule has 3 aromatic rings. The Morgan fingerprint density at radius 1 is 1.19 bits per heavy atom. The number of hydrogen-bond acceptors (Lipinski definition) is 8. The van der Waals surface area contributed by atoms with Crippen molar-refractivity contribution in [2.45, 2.75) is 25.0 Å². The average molecular weight is 527 g/mol. The predicted octanol–water partition coefficient (Wildman–Crippen LogP) is 1.31. The average Bonchev–Trinajstić information content (AvgIpc) is 3.40. The number of nitrogens with one attached hydrogen (secondary N) is 1. The Morgan fingerprint density at radius 3 is 2.61 bits per heavy atom. The zero-order valence-corrected chi connectivity index (χ0v) is 19.6. The van der Waals surface area contributed by atoms with Gasteiger partial charge in [0.2, 0.25) is 5.91 Å². The topological polar surface area (TPSA) is 161 Å². The van der Waals surface area contributed by atoms with Crippen LogP contribution in [0.25, 0.3) is 5.65 Å². The lowest BCUT2D eigenvalue weighted by molar-refractivity contribution is -0.119. The molecule has 0 aliphatic carbocycles. The fourth-order valence-electron chi connectivity index (χ4n) is 4.31. The molecule has 2 saturated heterocycles. The molecule has 0 bridgehead atoms. The lowest BCUT2D eigenvalue weighted by atomic mass is 10.0. The van der Waals surface area contributed by atoms with Crippen LogP contribution >= 0.6 is 0 Å². The first-order chi connectivity index (χ1) is 17.0. The number of aliphatic hydroxyl groups is 1. The fourth-order valence-corrected chi connectivity index (χ4v) is 4.31. The van der Waals surface area contributed by atoms with Gasteiger partial charge in [0.15, 0.2) is 5.65 Å². The molecular formula is C21H24F2N6O6S. The molecule has 0 spiro atoms. The van der Waals surface area contributed by atoms with E-state index in [1.807, 2.05) is 9.80 Å². The second-order valence-electron chi connectivity index (χ2n) is 8.47. The molecule has 1 atom stereocenters. The Morgan fingerprint density at radius 2 is 1.92 bits per heavy atom. The van der Waals surface area contributed by atoms with Gasteiger partial charge in [0.25, 0.3) is 0 Å². The molecule has 15 heteroatoms. The lowest BCUT2D eigenvalue weighted by Crippen LogP contribution is -2.53. The minimum Gasteiger partial charge on any atom is -0.390 e. The summed E-state index contributed by atoms with van der Waals surface area (Å²) in [5, 5.41) is 16.4. The maximum absolute atomic E-state index is 14.4. The fraction of sp³-hybridized carbons (Fsp3) is 0.381. The standard InChI is InChI=1S/C21H22F2N6O2.H2O4S/c22-13-3-4-16(23)15(8-13)18-2-1-6-28(18)19-5-7-29-21(26-19)17(9-24-29)25-20(31)12-27-10-14(30)11-27;1-5(2,3)4/h3-5,7-9,14,18,30H,1-2,6,10-12H2,(H,25,31);(H2,1,2,3,4)/t18-;/m1./s1. The number of β-amino-alcohol motifs (C(OH)–C–C–N with tert-alkyl or cyclic N) is 1. The van der Waals surface area contributed by atoms with Crippen LogP contribution in [0, 0.1) is 11.6 Å². The van der Waals surface area contributed by atoms with E-state index in [1.54, 1.807) is 16.8 Å². The van der Waals surface area contributed by atoms with Crippen LogP contribution in [0.4, 0.5) is 20.3 Å². The molecule has 0 unspecified atom stereocenters. The SMILES string of the molecule is O=C(CN1CC(O)C1)Nc1cnn2ccc(N3CCC[C@@H]3c3cc(F)ccc3F)nc12.O=S(=O)(O)O. The van der Waals surface area contributed by atoms with Crippen molar-refractivity contribution in [3.05, 3.63) is 53.9 Å². The van der Waals surface area contributed by atoms with Crippen molar-refractivity contribution < 1.29 is 36.2 Å². The largest absolute Gasteiger partial charge is 0.394 e. The molecule has 12 nitrogen and oxygen atoms in total. The molecule has 4 N–H and O–H groups in total. The Kier molecular flexibility index (Phi) is 7.46. The van der Waals surface area contributed by atoms with Crippen molar-refractivity contribution in [1.29, 1.82) is 0 Å². The van der Waals surface area contributed by atoms with Gasteiger partial charge in [0.1, 0.15) is 23.1 Å². The number of nitrogens with zero attached hydrogens (tertiary/aromatic N) is 5. The number of aromatic nitrogens is 3. The number of aliphatic hydroxyl groups excluding tert-OH is 1. The Bertz CT molecular complexity index is 1360. The third kappa shape index (κ3) is 6.30. The molecule has 2 aromatic heterocycles. The van der Waals surface area contributed by atoms with Crippen molar-refractivity contribution in [2.24, 2.45) is 0 Å². The Hall–Kier alpha value is -3.24. The normalized spacial score (nSPS) is 18.6. The van der Waals surface area contributed by atoms with Gasteiger partial charge in [-0.1, -0.05) is 0 Å². The zero-order chi connectivity index (χ0) is 26.0. The number of hydrogen-bond donors (Lipinski definition) is 4. The summed E-state index contributed by atoms with van der Waals surface area (Å²) in [6, 6.07) is 4.98. The van der Waals surface area contributed by atoms with E-state index in [9.17, 15) is 18.7 Å². The van der Waals surface area contributed by atoms with Gasteiger partial charge in [-0.2, -0.15) is 13.5 Å². The molecule has 194 valence electrons. The second kappa shape index (κ2) is 10.4. The molecule has 0 saturated carbocycles. The van der Waals surface area contributed by atoms with Gasteiger partial charge >= 0.3 is 10.4 Å². The summed E-state index contributed by atoms with van der Waals surface area (Å²) in [4.78, 5) is 20.8. The summed E-state index contributed by atoms with van der Waals surface area (Å²) in [5.74, 6) is -0.509. The molecule has 1 amide bonds. The molecular weight excluding hydrogens is 502 g/mol. The molecule has 0 radical (unpaired) electrons. The van der Waals surface area contributed by atoms with Gasteiger partial charge in [-0.05, 0) is 37.1 Å². The number of carbonyl (C=O) groups is 1. The number of anilines is 2. The summed E-state index contributed by atoms with van der Waals surface area (Å²) >= 11 is 0.